The van der Waals surface area contributed by atoms with E-state index in [1.54, 1.807) is 0 Å². The van der Waals surface area contributed by atoms with E-state index >= 15 is 0 Å². The van der Waals surface area contributed by atoms with Crippen molar-refractivity contribution >= 4 is 15.9 Å². The van der Waals surface area contributed by atoms with Crippen LogP contribution in [0.2, 0.25) is 0 Å². The summed E-state index contributed by atoms with van der Waals surface area (Å²) in [7, 11) is -5.84. The van der Waals surface area contributed by atoms with Crippen molar-refractivity contribution in [2.45, 2.75) is 18.3 Å². The molecule has 100 valence electrons. The molecule has 0 radical (unpaired) electrons. The maximum Gasteiger partial charge on any atom is 0.522 e. The van der Waals surface area contributed by atoms with Crippen molar-refractivity contribution in [2.24, 2.45) is 11.8 Å². The van der Waals surface area contributed by atoms with E-state index in [1.165, 1.54) is 0 Å². The third-order valence-electron chi connectivity index (χ3n) is 2.75. The van der Waals surface area contributed by atoms with Gasteiger partial charge in [-0.2, -0.15) is 21.6 Å². The van der Waals surface area contributed by atoms with Crippen LogP contribution in [0.3, 0.4) is 0 Å². The molecule has 2 N–H and O–H groups in total. The van der Waals surface area contributed by atoms with Crippen LogP contribution in [0.5, 0.6) is 0 Å². The molecule has 9 heteroatoms. The zero-order chi connectivity index (χ0) is 13.3. The van der Waals surface area contributed by atoms with E-state index in [9.17, 15) is 18.0 Å². The number of hydrogen-bond donors (Lipinski definition) is 2. The first-order valence-electron chi connectivity index (χ1n) is 4.87. The number of halogens is 3. The molecule has 1 heterocycles. The third kappa shape index (κ3) is 3.93. The second-order valence-corrected chi connectivity index (χ2v) is 5.46. The van der Waals surface area contributed by atoms with Gasteiger partial charge in [0.05, 0.1) is 0 Å². The first-order valence-corrected chi connectivity index (χ1v) is 6.31. The topological polar surface area (TPSA) is 83.5 Å². The van der Waals surface area contributed by atoms with Crippen LogP contribution in [-0.2, 0) is 14.9 Å². The van der Waals surface area contributed by atoms with Gasteiger partial charge in [-0.1, -0.05) is 0 Å². The van der Waals surface area contributed by atoms with Gasteiger partial charge in [0.1, 0.15) is 5.78 Å². The lowest BCUT2D eigenvalue weighted by Crippen LogP contribution is -2.21. The second kappa shape index (κ2) is 4.91. The first-order chi connectivity index (χ1) is 7.61. The number of alkyl halides is 3. The summed E-state index contributed by atoms with van der Waals surface area (Å²) in [6.07, 6.45) is 1.69. The normalized spacial score (nSPS) is 28.6. The van der Waals surface area contributed by atoms with Crippen LogP contribution in [0.4, 0.5) is 13.2 Å². The summed E-state index contributed by atoms with van der Waals surface area (Å²) in [5.41, 5.74) is -5.53. The summed E-state index contributed by atoms with van der Waals surface area (Å²) in [6, 6.07) is 0. The number of hydrogen-bond acceptors (Lipinski definition) is 4. The summed E-state index contributed by atoms with van der Waals surface area (Å²) in [5, 5.41) is 3.29. The minimum absolute atomic E-state index is 0.478. The van der Waals surface area contributed by atoms with Gasteiger partial charge < -0.3 is 5.32 Å². The van der Waals surface area contributed by atoms with Gasteiger partial charge in [0.15, 0.2) is 0 Å². The molecule has 0 amide bonds. The molecule has 0 aromatic heterocycles. The molecule has 1 aliphatic heterocycles. The van der Waals surface area contributed by atoms with Crippen LogP contribution in [0.1, 0.15) is 12.8 Å². The van der Waals surface area contributed by atoms with E-state index in [1.807, 2.05) is 0 Å². The maximum absolute atomic E-state index is 10.8. The number of rotatable bonds is 0. The molecule has 2 unspecified atom stereocenters. The number of carbonyl (C=O) groups is 1. The van der Waals surface area contributed by atoms with Crippen molar-refractivity contribution in [2.75, 3.05) is 13.1 Å². The van der Waals surface area contributed by atoms with Crippen LogP contribution in [-0.4, -0.2) is 37.4 Å². The summed E-state index contributed by atoms with van der Waals surface area (Å²) in [4.78, 5) is 10.8. The predicted octanol–water partition coefficient (Wildman–Crippen LogP) is 0.579. The molecule has 1 aliphatic carbocycles. The zero-order valence-electron chi connectivity index (χ0n) is 8.70. The Morgan fingerprint density at radius 3 is 1.82 bits per heavy atom. The average molecular weight is 275 g/mol. The van der Waals surface area contributed by atoms with E-state index < -0.39 is 15.6 Å². The van der Waals surface area contributed by atoms with Crippen LogP contribution in [0.15, 0.2) is 0 Å². The fourth-order valence-corrected chi connectivity index (χ4v) is 1.93. The Morgan fingerprint density at radius 2 is 1.53 bits per heavy atom. The molecule has 0 aromatic rings. The van der Waals surface area contributed by atoms with Gasteiger partial charge in [-0.15, -0.1) is 0 Å². The van der Waals surface area contributed by atoms with Gasteiger partial charge in [0, 0.05) is 12.8 Å². The van der Waals surface area contributed by atoms with Crippen molar-refractivity contribution in [3.05, 3.63) is 0 Å². The highest BCUT2D eigenvalue weighted by molar-refractivity contribution is 7.86. The first kappa shape index (κ1) is 14.4. The van der Waals surface area contributed by atoms with Crippen molar-refractivity contribution in [3.8, 4) is 0 Å². The smallest absolute Gasteiger partial charge is 0.316 e. The Bertz CT molecular complexity index is 378. The lowest BCUT2D eigenvalue weighted by molar-refractivity contribution is -0.117. The van der Waals surface area contributed by atoms with Crippen molar-refractivity contribution in [1.82, 2.24) is 5.32 Å². The summed E-state index contributed by atoms with van der Waals surface area (Å²) < 4.78 is 57.5. The maximum atomic E-state index is 10.8. The summed E-state index contributed by atoms with van der Waals surface area (Å²) >= 11 is 0. The Kier molecular flexibility index (Phi) is 4.15. The van der Waals surface area contributed by atoms with Gasteiger partial charge in [0.2, 0.25) is 0 Å². The zero-order valence-corrected chi connectivity index (χ0v) is 9.51. The molecule has 2 rings (SSSR count). The molecule has 1 saturated heterocycles. The highest BCUT2D eigenvalue weighted by Crippen LogP contribution is 2.31. The number of ketones is 1. The quantitative estimate of drug-likeness (QED) is 0.499. The van der Waals surface area contributed by atoms with Gasteiger partial charge >= 0.3 is 15.6 Å². The molecule has 5 nitrogen and oxygen atoms in total. The monoisotopic (exact) mass is 275 g/mol. The minimum Gasteiger partial charge on any atom is -0.316 e. The summed E-state index contributed by atoms with van der Waals surface area (Å²) in [5.74, 6) is 1.86. The fraction of sp³-hybridized carbons (Fsp3) is 0.875. The molecule has 2 fully saturated rings. The van der Waals surface area contributed by atoms with E-state index in [0.717, 1.165) is 25.9 Å². The van der Waals surface area contributed by atoms with E-state index in [4.69, 9.17) is 13.0 Å². The molecule has 1 saturated carbocycles. The molecule has 17 heavy (non-hydrogen) atoms. The Labute approximate surface area is 96.1 Å². The highest BCUT2D eigenvalue weighted by Gasteiger charge is 2.44. The van der Waals surface area contributed by atoms with Crippen LogP contribution < -0.4 is 5.32 Å². The van der Waals surface area contributed by atoms with Gasteiger partial charge in [0.25, 0.3) is 0 Å². The largest absolute Gasteiger partial charge is 0.522 e. The predicted molar refractivity (Wildman–Crippen MR) is 51.7 cm³/mol. The van der Waals surface area contributed by atoms with Gasteiger partial charge in [-0.3, -0.25) is 9.35 Å². The molecule has 0 aromatic carbocycles. The molecular weight excluding hydrogens is 263 g/mol. The van der Waals surface area contributed by atoms with E-state index in [0.29, 0.717) is 17.6 Å². The van der Waals surface area contributed by atoms with Gasteiger partial charge in [-0.25, -0.2) is 0 Å². The molecule has 0 spiro atoms. The molecule has 0 bridgehead atoms. The Hall–Kier alpha value is -0.670. The number of carbonyl (C=O) groups excluding carboxylic acids is 1. The van der Waals surface area contributed by atoms with Crippen molar-refractivity contribution < 1.29 is 30.9 Å². The number of nitrogens with one attached hydrogen (secondary N) is 1. The van der Waals surface area contributed by atoms with Gasteiger partial charge in [-0.05, 0) is 24.9 Å². The number of fused-ring (bicyclic) bond motifs is 1. The Morgan fingerprint density at radius 1 is 1.18 bits per heavy atom. The highest BCUT2D eigenvalue weighted by atomic mass is 32.2. The van der Waals surface area contributed by atoms with Crippen LogP contribution in [0.25, 0.3) is 0 Å². The lowest BCUT2D eigenvalue weighted by Gasteiger charge is -2.01. The van der Waals surface area contributed by atoms with Crippen molar-refractivity contribution in [1.29, 1.82) is 0 Å². The van der Waals surface area contributed by atoms with E-state index in [2.05, 4.69) is 5.32 Å². The fourth-order valence-electron chi connectivity index (χ4n) is 1.93. The lowest BCUT2D eigenvalue weighted by atomic mass is 10.0. The standard InChI is InChI=1S/C7H11NO.CHF3O3S/c9-7-1-5-3-8-4-6(5)2-7;2-1(3,4)8(5,6)7/h5-6,8H,1-4H2;(H,5,6,7). The third-order valence-corrected chi connectivity index (χ3v) is 3.34. The Balaban J connectivity index is 0.000000172. The number of Topliss-reactive ketones (excluding diaryl/α,β-unsaturated/α-hetero) is 1. The van der Waals surface area contributed by atoms with E-state index in [-0.39, 0.29) is 0 Å². The summed E-state index contributed by atoms with van der Waals surface area (Å²) in [6.45, 7) is 2.16. The van der Waals surface area contributed by atoms with Crippen LogP contribution >= 0.6 is 0 Å². The SMILES string of the molecule is O=C1CC2CNCC2C1.O=S(=O)(O)C(F)(F)F. The second-order valence-electron chi connectivity index (χ2n) is 4.05. The molecule has 2 aliphatic rings. The average Bonchev–Trinajstić information content (AvgIpc) is 2.60. The molecule has 2 atom stereocenters. The minimum atomic E-state index is -5.84. The van der Waals surface area contributed by atoms with Crippen molar-refractivity contribution in [3.63, 3.8) is 0 Å². The van der Waals surface area contributed by atoms with Crippen LogP contribution in [0, 0.1) is 11.8 Å². The molecular formula is C8H12F3NO4S.